The van der Waals surface area contributed by atoms with Gasteiger partial charge in [0, 0.05) is 18.0 Å². The number of hydrogen-bond acceptors (Lipinski definition) is 4. The van der Waals surface area contributed by atoms with Crippen LogP contribution in [0, 0.1) is 0 Å². The van der Waals surface area contributed by atoms with Gasteiger partial charge < -0.3 is 10.1 Å². The van der Waals surface area contributed by atoms with Gasteiger partial charge in [0.1, 0.15) is 5.65 Å². The minimum Gasteiger partial charge on any atom is -0.493 e. The number of aromatic nitrogens is 4. The summed E-state index contributed by atoms with van der Waals surface area (Å²) in [6.07, 6.45) is 10.3. The number of fused-ring (bicyclic) bond motifs is 1. The highest BCUT2D eigenvalue weighted by Gasteiger charge is 2.25. The van der Waals surface area contributed by atoms with E-state index in [0.717, 1.165) is 36.8 Å². The average Bonchev–Trinajstić information content (AvgIpc) is 3.00. The summed E-state index contributed by atoms with van der Waals surface area (Å²) in [5.41, 5.74) is 2.45. The van der Waals surface area contributed by atoms with Gasteiger partial charge in [0.05, 0.1) is 11.8 Å². The van der Waals surface area contributed by atoms with E-state index in [1.54, 1.807) is 18.6 Å². The summed E-state index contributed by atoms with van der Waals surface area (Å²) in [6.45, 7) is 0. The highest BCUT2D eigenvalue weighted by atomic mass is 16.3. The standard InChI is InChI=1S/C17H18N4O2/c22-16-14(12-4-2-1-3-5-12)17(23)21-15(20-16)13(10-19-21)11-6-8-18-9-7-11/h6-10,12,23H,1-5H2,(H,20,22). The second-order valence-corrected chi connectivity index (χ2v) is 6.08. The Morgan fingerprint density at radius 2 is 1.91 bits per heavy atom. The summed E-state index contributed by atoms with van der Waals surface area (Å²) >= 11 is 0. The quantitative estimate of drug-likeness (QED) is 0.762. The molecule has 0 spiro atoms. The molecule has 4 rings (SSSR count). The van der Waals surface area contributed by atoms with E-state index < -0.39 is 0 Å². The predicted octanol–water partition coefficient (Wildman–Crippen LogP) is 2.84. The molecule has 6 nitrogen and oxygen atoms in total. The number of aromatic amines is 1. The number of H-pyrrole nitrogens is 1. The van der Waals surface area contributed by atoms with Crippen LogP contribution in [0.3, 0.4) is 0 Å². The van der Waals surface area contributed by atoms with Crippen molar-refractivity contribution in [2.45, 2.75) is 38.0 Å². The van der Waals surface area contributed by atoms with E-state index in [9.17, 15) is 9.90 Å². The van der Waals surface area contributed by atoms with Crippen LogP contribution in [0.25, 0.3) is 16.8 Å². The lowest BCUT2D eigenvalue weighted by Crippen LogP contribution is -2.20. The number of hydrogen-bond donors (Lipinski definition) is 2. The zero-order valence-corrected chi connectivity index (χ0v) is 12.7. The van der Waals surface area contributed by atoms with Crippen LogP contribution in [0.4, 0.5) is 0 Å². The molecule has 0 bridgehead atoms. The minimum absolute atomic E-state index is 0.0315. The fraction of sp³-hybridized carbons (Fsp3) is 0.353. The van der Waals surface area contributed by atoms with Crippen LogP contribution in [0.2, 0.25) is 0 Å². The van der Waals surface area contributed by atoms with E-state index in [-0.39, 0.29) is 17.4 Å². The highest BCUT2D eigenvalue weighted by molar-refractivity contribution is 5.77. The van der Waals surface area contributed by atoms with Gasteiger partial charge in [-0.1, -0.05) is 19.3 Å². The van der Waals surface area contributed by atoms with E-state index in [4.69, 9.17) is 0 Å². The lowest BCUT2D eigenvalue weighted by Gasteiger charge is -2.21. The molecule has 0 unspecified atom stereocenters. The van der Waals surface area contributed by atoms with Gasteiger partial charge in [0.25, 0.3) is 5.56 Å². The molecule has 23 heavy (non-hydrogen) atoms. The van der Waals surface area contributed by atoms with E-state index in [2.05, 4.69) is 15.1 Å². The number of nitrogens with one attached hydrogen (secondary N) is 1. The van der Waals surface area contributed by atoms with Gasteiger partial charge in [-0.15, -0.1) is 0 Å². The van der Waals surface area contributed by atoms with Crippen LogP contribution >= 0.6 is 0 Å². The minimum atomic E-state index is -0.210. The van der Waals surface area contributed by atoms with E-state index >= 15 is 0 Å². The van der Waals surface area contributed by atoms with Crippen molar-refractivity contribution in [1.82, 2.24) is 19.6 Å². The van der Waals surface area contributed by atoms with Crippen LogP contribution in [0.15, 0.2) is 35.5 Å². The first-order valence-corrected chi connectivity index (χ1v) is 7.99. The summed E-state index contributed by atoms with van der Waals surface area (Å²) in [6, 6.07) is 3.70. The molecule has 0 saturated heterocycles. The zero-order chi connectivity index (χ0) is 15.8. The largest absolute Gasteiger partial charge is 0.493 e. The molecule has 3 aromatic rings. The number of rotatable bonds is 2. The van der Waals surface area contributed by atoms with Crippen molar-refractivity contribution < 1.29 is 5.11 Å². The van der Waals surface area contributed by atoms with Gasteiger partial charge in [-0.2, -0.15) is 9.61 Å². The molecular formula is C17H18N4O2. The maximum atomic E-state index is 12.6. The molecule has 1 fully saturated rings. The topological polar surface area (TPSA) is 83.3 Å². The van der Waals surface area contributed by atoms with Crippen LogP contribution in [-0.4, -0.2) is 24.7 Å². The van der Waals surface area contributed by atoms with Gasteiger partial charge in [-0.25, -0.2) is 0 Å². The van der Waals surface area contributed by atoms with Gasteiger partial charge in [0.15, 0.2) is 0 Å². The molecule has 118 valence electrons. The van der Waals surface area contributed by atoms with Gasteiger partial charge in [-0.3, -0.25) is 9.78 Å². The van der Waals surface area contributed by atoms with Crippen molar-refractivity contribution in [3.05, 3.63) is 46.6 Å². The second kappa shape index (κ2) is 5.53. The number of pyridine rings is 1. The molecule has 3 aromatic heterocycles. The third-order valence-corrected chi connectivity index (χ3v) is 4.69. The van der Waals surface area contributed by atoms with Crippen LogP contribution in [0.1, 0.15) is 43.6 Å². The third kappa shape index (κ3) is 2.30. The number of aromatic hydroxyl groups is 1. The van der Waals surface area contributed by atoms with Crippen molar-refractivity contribution in [2.75, 3.05) is 0 Å². The van der Waals surface area contributed by atoms with Crippen molar-refractivity contribution in [3.63, 3.8) is 0 Å². The summed E-state index contributed by atoms with van der Waals surface area (Å²) < 4.78 is 1.43. The maximum Gasteiger partial charge on any atom is 0.258 e. The summed E-state index contributed by atoms with van der Waals surface area (Å²) in [7, 11) is 0. The van der Waals surface area contributed by atoms with Gasteiger partial charge in [-0.05, 0) is 36.5 Å². The molecule has 0 aromatic carbocycles. The molecular weight excluding hydrogens is 292 g/mol. The summed E-state index contributed by atoms with van der Waals surface area (Å²) in [4.78, 5) is 19.5. The molecule has 0 aliphatic heterocycles. The molecule has 0 radical (unpaired) electrons. The SMILES string of the molecule is O=c1[nH]c2c(-c3ccncc3)cnn2c(O)c1C1CCCCC1. The van der Waals surface area contributed by atoms with Crippen molar-refractivity contribution in [2.24, 2.45) is 0 Å². The first kappa shape index (κ1) is 14.0. The van der Waals surface area contributed by atoms with E-state index in [1.807, 2.05) is 12.1 Å². The second-order valence-electron chi connectivity index (χ2n) is 6.08. The Kier molecular flexibility index (Phi) is 3.37. The number of nitrogens with zero attached hydrogens (tertiary/aromatic N) is 3. The lowest BCUT2D eigenvalue weighted by atomic mass is 9.85. The van der Waals surface area contributed by atoms with Gasteiger partial charge in [0.2, 0.25) is 5.88 Å². The molecule has 3 heterocycles. The Hall–Kier alpha value is -2.63. The Bertz CT molecular complexity index is 892. The summed E-state index contributed by atoms with van der Waals surface area (Å²) in [5, 5.41) is 14.9. The normalized spacial score (nSPS) is 16.0. The van der Waals surface area contributed by atoms with Crippen molar-refractivity contribution in [3.8, 4) is 17.0 Å². The first-order chi connectivity index (χ1) is 11.3. The lowest BCUT2D eigenvalue weighted by molar-refractivity contribution is 0.390. The fourth-order valence-corrected chi connectivity index (χ4v) is 3.52. The molecule has 1 aliphatic rings. The van der Waals surface area contributed by atoms with Crippen LogP contribution in [0.5, 0.6) is 5.88 Å². The van der Waals surface area contributed by atoms with Crippen molar-refractivity contribution >= 4 is 5.65 Å². The van der Waals surface area contributed by atoms with Gasteiger partial charge >= 0.3 is 0 Å². The average molecular weight is 310 g/mol. The molecule has 2 N–H and O–H groups in total. The van der Waals surface area contributed by atoms with E-state index in [1.165, 1.54) is 10.9 Å². The Morgan fingerprint density at radius 1 is 1.17 bits per heavy atom. The monoisotopic (exact) mass is 310 g/mol. The molecule has 6 heteroatoms. The molecule has 1 aliphatic carbocycles. The maximum absolute atomic E-state index is 12.6. The van der Waals surface area contributed by atoms with Crippen molar-refractivity contribution in [1.29, 1.82) is 0 Å². The molecule has 0 amide bonds. The van der Waals surface area contributed by atoms with E-state index in [0.29, 0.717) is 11.2 Å². The third-order valence-electron chi connectivity index (χ3n) is 4.69. The van der Waals surface area contributed by atoms with Crippen LogP contribution < -0.4 is 5.56 Å². The first-order valence-electron chi connectivity index (χ1n) is 7.99. The Labute approximate surface area is 132 Å². The fourth-order valence-electron chi connectivity index (χ4n) is 3.52. The summed E-state index contributed by atoms with van der Waals surface area (Å²) in [5.74, 6) is 0.0847. The van der Waals surface area contributed by atoms with Crippen LogP contribution in [-0.2, 0) is 0 Å². The molecule has 0 atom stereocenters. The Balaban J connectivity index is 1.89. The Morgan fingerprint density at radius 3 is 2.65 bits per heavy atom. The smallest absolute Gasteiger partial charge is 0.258 e. The zero-order valence-electron chi connectivity index (χ0n) is 12.7. The highest BCUT2D eigenvalue weighted by Crippen LogP contribution is 2.35. The predicted molar refractivity (Wildman–Crippen MR) is 86.5 cm³/mol. The molecule has 1 saturated carbocycles.